The number of fused-ring (bicyclic) bond motifs is 1. The molecule has 2 nitrogen and oxygen atoms in total. The van der Waals surface area contributed by atoms with Crippen molar-refractivity contribution in [1.82, 2.24) is 0 Å². The van der Waals surface area contributed by atoms with Crippen molar-refractivity contribution in [2.45, 2.75) is 12.8 Å². The molecule has 18 heavy (non-hydrogen) atoms. The van der Waals surface area contributed by atoms with E-state index in [0.717, 1.165) is 22.9 Å². The smallest absolute Gasteiger partial charge is 0.202 e. The molecule has 0 unspecified atom stereocenters. The van der Waals surface area contributed by atoms with Gasteiger partial charge in [-0.25, -0.2) is 4.39 Å². The van der Waals surface area contributed by atoms with Gasteiger partial charge in [0, 0.05) is 10.3 Å². The average molecular weight is 262 g/mol. The van der Waals surface area contributed by atoms with Gasteiger partial charge >= 0.3 is 0 Å². The Hall–Kier alpha value is -1.68. The van der Waals surface area contributed by atoms with E-state index in [9.17, 15) is 9.18 Å². The molecule has 0 saturated carbocycles. The summed E-state index contributed by atoms with van der Waals surface area (Å²) in [5, 5.41) is 0.905. The van der Waals surface area contributed by atoms with Crippen LogP contribution < -0.4 is 0 Å². The van der Waals surface area contributed by atoms with Crippen LogP contribution in [-0.4, -0.2) is 12.4 Å². The number of halogens is 1. The average Bonchev–Trinajstić information content (AvgIpc) is 2.81. The minimum absolute atomic E-state index is 0.00342. The number of thiophene rings is 1. The second kappa shape index (κ2) is 4.53. The molecular formula is C14H11FO2S. The van der Waals surface area contributed by atoms with Crippen LogP contribution in [0, 0.1) is 5.82 Å². The predicted molar refractivity (Wildman–Crippen MR) is 69.4 cm³/mol. The number of benzene rings is 1. The Bertz CT molecular complexity index is 642. The van der Waals surface area contributed by atoms with Gasteiger partial charge in [0.25, 0.3) is 0 Å². The lowest BCUT2D eigenvalue weighted by Crippen LogP contribution is -2.07. The summed E-state index contributed by atoms with van der Waals surface area (Å²) >= 11 is 1.33. The maximum Gasteiger partial charge on any atom is 0.202 e. The number of carbonyl (C=O) groups excluding carboxylic acids is 1. The maximum absolute atomic E-state index is 13.1. The van der Waals surface area contributed by atoms with Gasteiger partial charge in [-0.3, -0.25) is 4.79 Å². The van der Waals surface area contributed by atoms with Crippen LogP contribution >= 0.6 is 11.3 Å². The highest BCUT2D eigenvalue weighted by Gasteiger charge is 2.17. The first kappa shape index (κ1) is 11.4. The van der Waals surface area contributed by atoms with E-state index in [-0.39, 0.29) is 11.6 Å². The molecule has 1 aliphatic heterocycles. The summed E-state index contributed by atoms with van der Waals surface area (Å²) in [6, 6.07) is 6.38. The topological polar surface area (TPSA) is 26.3 Å². The van der Waals surface area contributed by atoms with Crippen LogP contribution in [0.2, 0.25) is 0 Å². The van der Waals surface area contributed by atoms with Crippen LogP contribution in [0.15, 0.2) is 36.1 Å². The van der Waals surface area contributed by atoms with Crippen LogP contribution in [0.5, 0.6) is 0 Å². The Kier molecular flexibility index (Phi) is 2.88. The molecule has 2 heterocycles. The van der Waals surface area contributed by atoms with Gasteiger partial charge in [0.05, 0.1) is 17.7 Å². The quantitative estimate of drug-likeness (QED) is 0.767. The third-order valence-electron chi connectivity index (χ3n) is 2.93. The first-order chi connectivity index (χ1) is 8.74. The first-order valence-corrected chi connectivity index (χ1v) is 6.60. The summed E-state index contributed by atoms with van der Waals surface area (Å²) in [5.74, 6) is -0.278. The standard InChI is InChI=1S/C14H11FO2S/c15-11-4-3-9-6-13(18-12(9)7-11)14(16)10-2-1-5-17-8-10/h3-4,6-8H,1-2,5H2. The summed E-state index contributed by atoms with van der Waals surface area (Å²) in [6.07, 6.45) is 3.18. The highest BCUT2D eigenvalue weighted by molar-refractivity contribution is 7.21. The third kappa shape index (κ3) is 2.04. The zero-order valence-corrected chi connectivity index (χ0v) is 10.4. The van der Waals surface area contributed by atoms with Crippen molar-refractivity contribution < 1.29 is 13.9 Å². The first-order valence-electron chi connectivity index (χ1n) is 5.78. The van der Waals surface area contributed by atoms with E-state index in [1.165, 1.54) is 23.5 Å². The number of ketones is 1. The fraction of sp³-hybridized carbons (Fsp3) is 0.214. The van der Waals surface area contributed by atoms with E-state index >= 15 is 0 Å². The zero-order chi connectivity index (χ0) is 12.5. The monoisotopic (exact) mass is 262 g/mol. The second-order valence-corrected chi connectivity index (χ2v) is 5.32. The van der Waals surface area contributed by atoms with Gasteiger partial charge in [0.1, 0.15) is 5.82 Å². The Morgan fingerprint density at radius 1 is 1.33 bits per heavy atom. The lowest BCUT2D eigenvalue weighted by atomic mass is 10.0. The number of ether oxygens (including phenoxy) is 1. The molecule has 1 aromatic carbocycles. The van der Waals surface area contributed by atoms with Crippen LogP contribution in [0.25, 0.3) is 10.1 Å². The Morgan fingerprint density at radius 3 is 3.00 bits per heavy atom. The van der Waals surface area contributed by atoms with E-state index in [2.05, 4.69) is 0 Å². The fourth-order valence-corrected chi connectivity index (χ4v) is 3.07. The molecular weight excluding hydrogens is 251 g/mol. The molecule has 92 valence electrons. The molecule has 0 atom stereocenters. The highest BCUT2D eigenvalue weighted by atomic mass is 32.1. The Balaban J connectivity index is 1.98. The van der Waals surface area contributed by atoms with E-state index in [1.807, 2.05) is 6.07 Å². The molecule has 0 amide bonds. The van der Waals surface area contributed by atoms with Crippen molar-refractivity contribution in [1.29, 1.82) is 0 Å². The van der Waals surface area contributed by atoms with Crippen molar-refractivity contribution in [3.63, 3.8) is 0 Å². The van der Waals surface area contributed by atoms with Gasteiger partial charge < -0.3 is 4.74 Å². The lowest BCUT2D eigenvalue weighted by Gasteiger charge is -2.11. The normalized spacial score (nSPS) is 15.3. The number of carbonyl (C=O) groups is 1. The second-order valence-electron chi connectivity index (χ2n) is 4.24. The maximum atomic E-state index is 13.1. The minimum atomic E-state index is -0.274. The van der Waals surface area contributed by atoms with Crippen molar-refractivity contribution in [3.8, 4) is 0 Å². The van der Waals surface area contributed by atoms with Crippen LogP contribution in [0.3, 0.4) is 0 Å². The van der Waals surface area contributed by atoms with Gasteiger partial charge in [-0.1, -0.05) is 6.07 Å². The van der Waals surface area contributed by atoms with Gasteiger partial charge in [-0.15, -0.1) is 11.3 Å². The van der Waals surface area contributed by atoms with Crippen molar-refractivity contribution >= 4 is 27.2 Å². The molecule has 0 N–H and O–H groups in total. The number of rotatable bonds is 2. The largest absolute Gasteiger partial charge is 0.501 e. The summed E-state index contributed by atoms with van der Waals surface area (Å²) < 4.78 is 19.1. The molecule has 0 bridgehead atoms. The molecule has 3 rings (SSSR count). The zero-order valence-electron chi connectivity index (χ0n) is 9.61. The minimum Gasteiger partial charge on any atom is -0.501 e. The summed E-state index contributed by atoms with van der Waals surface area (Å²) in [5.41, 5.74) is 0.702. The molecule has 0 saturated heterocycles. The van der Waals surface area contributed by atoms with Gasteiger partial charge in [0.2, 0.25) is 5.78 Å². The fourth-order valence-electron chi connectivity index (χ4n) is 2.01. The lowest BCUT2D eigenvalue weighted by molar-refractivity contribution is 0.101. The van der Waals surface area contributed by atoms with Crippen molar-refractivity contribution in [2.24, 2.45) is 0 Å². The van der Waals surface area contributed by atoms with Crippen molar-refractivity contribution in [3.05, 3.63) is 46.8 Å². The summed E-state index contributed by atoms with van der Waals surface area (Å²) in [4.78, 5) is 12.9. The van der Waals surface area contributed by atoms with Crippen LogP contribution in [0.4, 0.5) is 4.39 Å². The molecule has 0 fully saturated rings. The summed E-state index contributed by atoms with van der Waals surface area (Å²) in [7, 11) is 0. The SMILES string of the molecule is O=C(C1=COCCC1)c1cc2ccc(F)cc2s1. The summed E-state index contributed by atoms with van der Waals surface area (Å²) in [6.45, 7) is 0.675. The number of hydrogen-bond donors (Lipinski definition) is 0. The Morgan fingerprint density at radius 2 is 2.22 bits per heavy atom. The van der Waals surface area contributed by atoms with Gasteiger partial charge in [-0.05, 0) is 36.4 Å². The van der Waals surface area contributed by atoms with Gasteiger partial charge in [-0.2, -0.15) is 0 Å². The number of hydrogen-bond acceptors (Lipinski definition) is 3. The molecule has 1 aliphatic rings. The van der Waals surface area contributed by atoms with E-state index in [4.69, 9.17) is 4.74 Å². The molecule has 2 aromatic rings. The van der Waals surface area contributed by atoms with Crippen LogP contribution in [-0.2, 0) is 4.74 Å². The number of Topliss-reactive ketones (excluding diaryl/α,β-unsaturated/α-hetero) is 1. The van der Waals surface area contributed by atoms with E-state index in [0.29, 0.717) is 17.1 Å². The highest BCUT2D eigenvalue weighted by Crippen LogP contribution is 2.29. The Labute approximate surface area is 108 Å². The van der Waals surface area contributed by atoms with E-state index < -0.39 is 0 Å². The molecule has 0 radical (unpaired) electrons. The predicted octanol–water partition coefficient (Wildman–Crippen LogP) is 3.92. The van der Waals surface area contributed by atoms with E-state index in [1.54, 1.807) is 12.3 Å². The van der Waals surface area contributed by atoms with Crippen molar-refractivity contribution in [2.75, 3.05) is 6.61 Å². The van der Waals surface area contributed by atoms with Gasteiger partial charge in [0.15, 0.2) is 0 Å². The molecule has 4 heteroatoms. The third-order valence-corrected chi connectivity index (χ3v) is 4.03. The van der Waals surface area contributed by atoms with Crippen LogP contribution in [0.1, 0.15) is 22.5 Å². The number of allylic oxidation sites excluding steroid dienone is 1. The molecule has 0 spiro atoms. The molecule has 0 aliphatic carbocycles. The molecule has 1 aromatic heterocycles.